The van der Waals surface area contributed by atoms with Crippen LogP contribution in [-0.2, 0) is 6.42 Å². The van der Waals surface area contributed by atoms with Crippen molar-refractivity contribution >= 4 is 11.3 Å². The molecule has 4 heteroatoms. The topological polar surface area (TPSA) is 28.2 Å². The number of aryl methyl sites for hydroxylation is 1. The minimum atomic E-state index is 0.687. The summed E-state index contributed by atoms with van der Waals surface area (Å²) < 4.78 is 0. The molecule has 0 saturated carbocycles. The highest BCUT2D eigenvalue weighted by Crippen LogP contribution is 2.13. The molecule has 16 heavy (non-hydrogen) atoms. The number of likely N-dealkylation sites (N-methyl/N-ethyl adjacent to an activating group) is 1. The number of nitrogens with zero attached hydrogens (tertiary/aromatic N) is 2. The van der Waals surface area contributed by atoms with E-state index < -0.39 is 0 Å². The molecular weight excluding hydrogens is 218 g/mol. The highest BCUT2D eigenvalue weighted by Gasteiger charge is 2.17. The molecule has 1 saturated heterocycles. The Morgan fingerprint density at radius 3 is 3.19 bits per heavy atom. The molecule has 0 spiro atoms. The van der Waals surface area contributed by atoms with E-state index in [0.29, 0.717) is 6.04 Å². The first-order chi connectivity index (χ1) is 7.78. The highest BCUT2D eigenvalue weighted by atomic mass is 32.1. The van der Waals surface area contributed by atoms with Gasteiger partial charge in [-0.1, -0.05) is 0 Å². The van der Waals surface area contributed by atoms with Crippen molar-refractivity contribution in [1.29, 1.82) is 0 Å². The SMILES string of the molecule is CNC1CCCN(CCc2nc(C)cs2)C1. The summed E-state index contributed by atoms with van der Waals surface area (Å²) in [5.74, 6) is 0. The summed E-state index contributed by atoms with van der Waals surface area (Å²) in [6, 6.07) is 0.687. The fourth-order valence-corrected chi connectivity index (χ4v) is 3.03. The maximum absolute atomic E-state index is 4.51. The smallest absolute Gasteiger partial charge is 0.0940 e. The molecular formula is C12H21N3S. The van der Waals surface area contributed by atoms with Gasteiger partial charge in [0.05, 0.1) is 5.01 Å². The van der Waals surface area contributed by atoms with E-state index in [1.165, 1.54) is 30.9 Å². The monoisotopic (exact) mass is 239 g/mol. The minimum absolute atomic E-state index is 0.687. The average molecular weight is 239 g/mol. The first-order valence-corrected chi connectivity index (χ1v) is 6.96. The zero-order chi connectivity index (χ0) is 11.4. The average Bonchev–Trinajstić information content (AvgIpc) is 2.73. The molecule has 0 radical (unpaired) electrons. The lowest BCUT2D eigenvalue weighted by Gasteiger charge is -2.32. The van der Waals surface area contributed by atoms with Gasteiger partial charge in [0.25, 0.3) is 0 Å². The Labute approximate surface area is 102 Å². The lowest BCUT2D eigenvalue weighted by atomic mass is 10.1. The minimum Gasteiger partial charge on any atom is -0.316 e. The summed E-state index contributed by atoms with van der Waals surface area (Å²) in [5, 5.41) is 6.80. The number of rotatable bonds is 4. The molecule has 90 valence electrons. The van der Waals surface area contributed by atoms with Crippen LogP contribution in [0.25, 0.3) is 0 Å². The summed E-state index contributed by atoms with van der Waals surface area (Å²) in [7, 11) is 2.07. The molecule has 0 aromatic carbocycles. The number of likely N-dealkylation sites (tertiary alicyclic amines) is 1. The van der Waals surface area contributed by atoms with Gasteiger partial charge in [0, 0.05) is 36.6 Å². The predicted molar refractivity (Wildman–Crippen MR) is 69.1 cm³/mol. The van der Waals surface area contributed by atoms with Gasteiger partial charge in [-0.05, 0) is 33.4 Å². The molecule has 1 N–H and O–H groups in total. The number of aromatic nitrogens is 1. The third-order valence-electron chi connectivity index (χ3n) is 3.22. The van der Waals surface area contributed by atoms with Gasteiger partial charge in [-0.2, -0.15) is 0 Å². The van der Waals surface area contributed by atoms with Crippen LogP contribution >= 0.6 is 11.3 Å². The van der Waals surface area contributed by atoms with Gasteiger partial charge in [0.2, 0.25) is 0 Å². The summed E-state index contributed by atoms with van der Waals surface area (Å²) in [6.07, 6.45) is 3.75. The van der Waals surface area contributed by atoms with Crippen LogP contribution in [0, 0.1) is 6.92 Å². The summed E-state index contributed by atoms with van der Waals surface area (Å²) in [5.41, 5.74) is 1.16. The Kier molecular flexibility index (Phi) is 4.32. The first-order valence-electron chi connectivity index (χ1n) is 6.08. The van der Waals surface area contributed by atoms with Gasteiger partial charge in [-0.25, -0.2) is 4.98 Å². The van der Waals surface area contributed by atoms with Gasteiger partial charge in [0.15, 0.2) is 0 Å². The summed E-state index contributed by atoms with van der Waals surface area (Å²) >= 11 is 1.79. The molecule has 1 unspecified atom stereocenters. The van der Waals surface area contributed by atoms with Crippen LogP contribution < -0.4 is 5.32 Å². The van der Waals surface area contributed by atoms with Gasteiger partial charge in [-0.15, -0.1) is 11.3 Å². The van der Waals surface area contributed by atoms with Gasteiger partial charge < -0.3 is 10.2 Å². The lowest BCUT2D eigenvalue weighted by molar-refractivity contribution is 0.197. The molecule has 1 aliphatic heterocycles. The van der Waals surface area contributed by atoms with Gasteiger partial charge in [0.1, 0.15) is 0 Å². The molecule has 1 aliphatic rings. The standard InChI is InChI=1S/C12H21N3S/c1-10-9-16-12(14-10)5-7-15-6-3-4-11(8-15)13-2/h9,11,13H,3-8H2,1-2H3. The van der Waals surface area contributed by atoms with Crippen molar-refractivity contribution in [2.75, 3.05) is 26.7 Å². The van der Waals surface area contributed by atoms with Crippen molar-refractivity contribution in [3.63, 3.8) is 0 Å². The fraction of sp³-hybridized carbons (Fsp3) is 0.750. The van der Waals surface area contributed by atoms with E-state index in [1.807, 2.05) is 0 Å². The summed E-state index contributed by atoms with van der Waals surface area (Å²) in [6.45, 7) is 5.67. The number of nitrogens with one attached hydrogen (secondary N) is 1. The Morgan fingerprint density at radius 2 is 2.50 bits per heavy atom. The summed E-state index contributed by atoms with van der Waals surface area (Å²) in [4.78, 5) is 7.07. The van der Waals surface area contributed by atoms with Gasteiger partial charge >= 0.3 is 0 Å². The third kappa shape index (κ3) is 3.27. The molecule has 2 heterocycles. The zero-order valence-corrected chi connectivity index (χ0v) is 11.0. The fourth-order valence-electron chi connectivity index (χ4n) is 2.27. The van der Waals surface area contributed by atoms with E-state index in [2.05, 4.69) is 34.6 Å². The van der Waals surface area contributed by atoms with E-state index in [-0.39, 0.29) is 0 Å². The van der Waals surface area contributed by atoms with Crippen LogP contribution in [0.2, 0.25) is 0 Å². The Morgan fingerprint density at radius 1 is 1.62 bits per heavy atom. The maximum Gasteiger partial charge on any atom is 0.0940 e. The van der Waals surface area contributed by atoms with Crippen LogP contribution in [0.15, 0.2) is 5.38 Å². The normalized spacial score (nSPS) is 22.5. The lowest BCUT2D eigenvalue weighted by Crippen LogP contribution is -2.44. The molecule has 0 bridgehead atoms. The molecule has 3 nitrogen and oxygen atoms in total. The third-order valence-corrected chi connectivity index (χ3v) is 4.25. The van der Waals surface area contributed by atoms with E-state index in [4.69, 9.17) is 0 Å². The molecule has 1 aromatic rings. The van der Waals surface area contributed by atoms with E-state index in [9.17, 15) is 0 Å². The van der Waals surface area contributed by atoms with Crippen molar-refractivity contribution < 1.29 is 0 Å². The number of thiazole rings is 1. The first kappa shape index (κ1) is 12.0. The largest absolute Gasteiger partial charge is 0.316 e. The second-order valence-corrected chi connectivity index (χ2v) is 5.50. The Bertz CT molecular complexity index is 324. The van der Waals surface area contributed by atoms with E-state index in [0.717, 1.165) is 18.7 Å². The van der Waals surface area contributed by atoms with Crippen LogP contribution in [0.1, 0.15) is 23.5 Å². The number of hydrogen-bond donors (Lipinski definition) is 1. The Balaban J connectivity index is 1.77. The van der Waals surface area contributed by atoms with Gasteiger partial charge in [-0.3, -0.25) is 0 Å². The van der Waals surface area contributed by atoms with Crippen LogP contribution in [0.4, 0.5) is 0 Å². The molecule has 1 aromatic heterocycles. The molecule has 1 fully saturated rings. The number of piperidine rings is 1. The van der Waals surface area contributed by atoms with Crippen molar-refractivity contribution in [3.8, 4) is 0 Å². The van der Waals surface area contributed by atoms with Crippen molar-refractivity contribution in [3.05, 3.63) is 16.1 Å². The van der Waals surface area contributed by atoms with Crippen LogP contribution in [0.3, 0.4) is 0 Å². The number of hydrogen-bond acceptors (Lipinski definition) is 4. The molecule has 0 aliphatic carbocycles. The van der Waals surface area contributed by atoms with Crippen LogP contribution in [0.5, 0.6) is 0 Å². The second kappa shape index (κ2) is 5.75. The quantitative estimate of drug-likeness (QED) is 0.866. The highest BCUT2D eigenvalue weighted by molar-refractivity contribution is 7.09. The van der Waals surface area contributed by atoms with Crippen LogP contribution in [-0.4, -0.2) is 42.6 Å². The molecule has 1 atom stereocenters. The Hall–Kier alpha value is -0.450. The van der Waals surface area contributed by atoms with E-state index >= 15 is 0 Å². The molecule has 2 rings (SSSR count). The predicted octanol–water partition coefficient (Wildman–Crippen LogP) is 1.68. The van der Waals surface area contributed by atoms with E-state index in [1.54, 1.807) is 11.3 Å². The molecule has 0 amide bonds. The second-order valence-electron chi connectivity index (χ2n) is 4.56. The van der Waals surface area contributed by atoms with Crippen molar-refractivity contribution in [2.45, 2.75) is 32.2 Å². The van der Waals surface area contributed by atoms with Crippen molar-refractivity contribution in [2.24, 2.45) is 0 Å². The zero-order valence-electron chi connectivity index (χ0n) is 10.2. The van der Waals surface area contributed by atoms with Crippen molar-refractivity contribution in [1.82, 2.24) is 15.2 Å². The maximum atomic E-state index is 4.51.